The van der Waals surface area contributed by atoms with Gasteiger partial charge in [0.25, 0.3) is 0 Å². The molecule has 0 aromatic heterocycles. The molecule has 0 heterocycles. The molecule has 3 saturated carbocycles. The average Bonchev–Trinajstić information content (AvgIpc) is 2.53. The number of ether oxygens (including phenoxy) is 1. The lowest BCUT2D eigenvalue weighted by molar-refractivity contribution is -0.169. The molecule has 0 aromatic rings. The first-order valence-corrected chi connectivity index (χ1v) is 9.33. The normalized spacial score (nSPS) is 39.9. The van der Waals surface area contributed by atoms with Crippen molar-refractivity contribution >= 4 is 5.97 Å². The van der Waals surface area contributed by atoms with Crippen LogP contribution < -0.4 is 0 Å². The third-order valence-electron chi connectivity index (χ3n) is 6.33. The molecule has 0 spiro atoms. The molecule has 23 heavy (non-hydrogen) atoms. The number of aliphatic hydroxyl groups is 1. The van der Waals surface area contributed by atoms with Crippen molar-refractivity contribution < 1.29 is 14.6 Å². The molecule has 0 aromatic carbocycles. The standard InChI is InChI=1S/C20H32O3/c1-13(2)8-17(14(3)4)18(21)23-19-10-15-6-5-7-20(22,12-19)16(9-15)11-19/h8,14-17,22H,5-7,9-12H2,1-4H3. The summed E-state index contributed by atoms with van der Waals surface area (Å²) < 4.78 is 6.15. The van der Waals surface area contributed by atoms with Crippen LogP contribution in [0.3, 0.4) is 0 Å². The summed E-state index contributed by atoms with van der Waals surface area (Å²) in [5.41, 5.74) is 0.166. The average molecular weight is 320 g/mol. The van der Waals surface area contributed by atoms with Crippen molar-refractivity contribution in [3.8, 4) is 0 Å². The molecule has 5 unspecified atom stereocenters. The number of carbonyl (C=O) groups is 1. The maximum atomic E-state index is 12.8. The Balaban J connectivity index is 1.79. The third kappa shape index (κ3) is 3.22. The molecule has 3 heteroatoms. The smallest absolute Gasteiger partial charge is 0.313 e. The van der Waals surface area contributed by atoms with Gasteiger partial charge in [0.1, 0.15) is 5.60 Å². The zero-order valence-electron chi connectivity index (χ0n) is 15.1. The lowest BCUT2D eigenvalue weighted by Crippen LogP contribution is -2.40. The Labute approximate surface area is 140 Å². The maximum Gasteiger partial charge on any atom is 0.313 e. The number of hydrogen-bond donors (Lipinski definition) is 1. The van der Waals surface area contributed by atoms with E-state index in [1.165, 1.54) is 6.42 Å². The predicted octanol–water partition coefficient (Wildman–Crippen LogP) is 4.24. The van der Waals surface area contributed by atoms with Gasteiger partial charge in [-0.3, -0.25) is 4.79 Å². The van der Waals surface area contributed by atoms with Gasteiger partial charge in [0.2, 0.25) is 0 Å². The fourth-order valence-corrected chi connectivity index (χ4v) is 5.39. The van der Waals surface area contributed by atoms with E-state index in [1.807, 2.05) is 19.9 Å². The van der Waals surface area contributed by atoms with E-state index >= 15 is 0 Å². The summed E-state index contributed by atoms with van der Waals surface area (Å²) in [6, 6.07) is 0. The Morgan fingerprint density at radius 3 is 2.70 bits per heavy atom. The second kappa shape index (κ2) is 5.91. The molecule has 0 radical (unpaired) electrons. The van der Waals surface area contributed by atoms with Crippen LogP contribution in [0.4, 0.5) is 0 Å². The van der Waals surface area contributed by atoms with Gasteiger partial charge in [0, 0.05) is 6.42 Å². The molecule has 130 valence electrons. The summed E-state index contributed by atoms with van der Waals surface area (Å²) in [5, 5.41) is 11.1. The number of esters is 1. The van der Waals surface area contributed by atoms with Crippen LogP contribution in [-0.2, 0) is 9.53 Å². The lowest BCUT2D eigenvalue weighted by atomic mass is 9.77. The number of rotatable bonds is 4. The molecule has 1 N–H and O–H groups in total. The van der Waals surface area contributed by atoms with Gasteiger partial charge in [-0.2, -0.15) is 0 Å². The Kier molecular flexibility index (Phi) is 4.37. The van der Waals surface area contributed by atoms with E-state index in [4.69, 9.17) is 4.74 Å². The van der Waals surface area contributed by atoms with E-state index in [-0.39, 0.29) is 17.8 Å². The van der Waals surface area contributed by atoms with Crippen LogP contribution in [0.5, 0.6) is 0 Å². The first kappa shape index (κ1) is 17.0. The monoisotopic (exact) mass is 320 g/mol. The minimum Gasteiger partial charge on any atom is -0.458 e. The summed E-state index contributed by atoms with van der Waals surface area (Å²) >= 11 is 0. The van der Waals surface area contributed by atoms with Crippen molar-refractivity contribution in [1.29, 1.82) is 0 Å². The Morgan fingerprint density at radius 1 is 1.30 bits per heavy atom. The topological polar surface area (TPSA) is 46.5 Å². The van der Waals surface area contributed by atoms with Crippen LogP contribution in [0.2, 0.25) is 0 Å². The Hall–Kier alpha value is -0.830. The summed E-state index contributed by atoms with van der Waals surface area (Å²) in [7, 11) is 0. The van der Waals surface area contributed by atoms with E-state index in [1.54, 1.807) is 0 Å². The van der Waals surface area contributed by atoms with Gasteiger partial charge in [0.15, 0.2) is 0 Å². The van der Waals surface area contributed by atoms with Gasteiger partial charge in [0.05, 0.1) is 11.5 Å². The lowest BCUT2D eigenvalue weighted by Gasteiger charge is -2.38. The highest BCUT2D eigenvalue weighted by molar-refractivity contribution is 5.75. The molecular weight excluding hydrogens is 288 g/mol. The molecule has 0 amide bonds. The number of hydrogen-bond acceptors (Lipinski definition) is 3. The summed E-state index contributed by atoms with van der Waals surface area (Å²) in [6.07, 6.45) is 8.82. The Bertz CT molecular complexity index is 501. The quantitative estimate of drug-likeness (QED) is 0.622. The van der Waals surface area contributed by atoms with Crippen molar-refractivity contribution in [3.05, 3.63) is 11.6 Å². The number of carbonyl (C=O) groups excluding carboxylic acids is 1. The summed E-state index contributed by atoms with van der Waals surface area (Å²) in [6.45, 7) is 8.20. The molecule has 5 atom stereocenters. The van der Waals surface area contributed by atoms with Crippen LogP contribution in [0.1, 0.15) is 72.6 Å². The fraction of sp³-hybridized carbons (Fsp3) is 0.850. The number of allylic oxidation sites excluding steroid dienone is 1. The number of fused-ring (bicyclic) bond motifs is 2. The van der Waals surface area contributed by atoms with E-state index in [0.717, 1.165) is 37.7 Å². The van der Waals surface area contributed by atoms with Gasteiger partial charge in [-0.1, -0.05) is 38.3 Å². The summed E-state index contributed by atoms with van der Waals surface area (Å²) in [5.74, 6) is 0.920. The molecule has 0 saturated heterocycles. The molecule has 3 aliphatic carbocycles. The molecule has 3 aliphatic rings. The van der Waals surface area contributed by atoms with Crippen LogP contribution in [0.25, 0.3) is 0 Å². The minimum absolute atomic E-state index is 0.0922. The van der Waals surface area contributed by atoms with E-state index < -0.39 is 11.2 Å². The van der Waals surface area contributed by atoms with Gasteiger partial charge in [-0.25, -0.2) is 0 Å². The highest BCUT2D eigenvalue weighted by Gasteiger charge is 2.60. The maximum absolute atomic E-state index is 12.8. The van der Waals surface area contributed by atoms with E-state index in [0.29, 0.717) is 18.3 Å². The van der Waals surface area contributed by atoms with Gasteiger partial charge < -0.3 is 9.84 Å². The van der Waals surface area contributed by atoms with Crippen LogP contribution in [0, 0.1) is 23.7 Å². The molecule has 3 nitrogen and oxygen atoms in total. The van der Waals surface area contributed by atoms with Crippen molar-refractivity contribution in [2.24, 2.45) is 23.7 Å². The van der Waals surface area contributed by atoms with Crippen molar-refractivity contribution in [2.45, 2.75) is 83.8 Å². The van der Waals surface area contributed by atoms with Crippen molar-refractivity contribution in [3.63, 3.8) is 0 Å². The van der Waals surface area contributed by atoms with Crippen LogP contribution in [-0.4, -0.2) is 22.3 Å². The second-order valence-corrected chi connectivity index (χ2v) is 9.00. The first-order chi connectivity index (χ1) is 10.7. The molecule has 3 rings (SSSR count). The minimum atomic E-state index is -0.588. The highest BCUT2D eigenvalue weighted by Crippen LogP contribution is 2.59. The molecular formula is C20H32O3. The SMILES string of the molecule is CC(C)=CC(C(=O)OC12CC3CCCC(O)(C1)C(C3)C2)C(C)C. The fourth-order valence-electron chi connectivity index (χ4n) is 5.39. The zero-order chi connectivity index (χ0) is 16.8. The van der Waals surface area contributed by atoms with Crippen molar-refractivity contribution in [1.82, 2.24) is 0 Å². The summed E-state index contributed by atoms with van der Waals surface area (Å²) in [4.78, 5) is 12.8. The van der Waals surface area contributed by atoms with Gasteiger partial charge in [-0.05, 0) is 57.3 Å². The van der Waals surface area contributed by atoms with E-state index in [2.05, 4.69) is 13.8 Å². The highest BCUT2D eigenvalue weighted by atomic mass is 16.6. The van der Waals surface area contributed by atoms with E-state index in [9.17, 15) is 9.90 Å². The van der Waals surface area contributed by atoms with Crippen LogP contribution >= 0.6 is 0 Å². The predicted molar refractivity (Wildman–Crippen MR) is 90.8 cm³/mol. The Morgan fingerprint density at radius 2 is 2.04 bits per heavy atom. The van der Waals surface area contributed by atoms with Crippen molar-refractivity contribution in [2.75, 3.05) is 0 Å². The van der Waals surface area contributed by atoms with Crippen LogP contribution in [0.15, 0.2) is 11.6 Å². The second-order valence-electron chi connectivity index (χ2n) is 9.00. The molecule has 0 aliphatic heterocycles. The van der Waals surface area contributed by atoms with Gasteiger partial charge in [-0.15, -0.1) is 0 Å². The molecule has 3 fully saturated rings. The first-order valence-electron chi connectivity index (χ1n) is 9.33. The largest absolute Gasteiger partial charge is 0.458 e. The zero-order valence-corrected chi connectivity index (χ0v) is 15.1. The third-order valence-corrected chi connectivity index (χ3v) is 6.33. The van der Waals surface area contributed by atoms with Gasteiger partial charge >= 0.3 is 5.97 Å². The molecule has 3 bridgehead atoms.